The van der Waals surface area contributed by atoms with Gasteiger partial charge in [0.2, 0.25) is 0 Å². The van der Waals surface area contributed by atoms with E-state index in [0.717, 1.165) is 39.3 Å². The van der Waals surface area contributed by atoms with Crippen LogP contribution < -0.4 is 30.6 Å². The van der Waals surface area contributed by atoms with Crippen LogP contribution in [0, 0.1) is 34.6 Å². The van der Waals surface area contributed by atoms with Crippen molar-refractivity contribution < 1.29 is 152 Å². The third-order valence-electron chi connectivity index (χ3n) is 12.3. The molecule has 0 bridgehead atoms. The Hall–Kier alpha value is -8.60. The number of pyridine rings is 3. The van der Waals surface area contributed by atoms with E-state index in [1.807, 2.05) is 113 Å². The summed E-state index contributed by atoms with van der Waals surface area (Å²) >= 11 is 0. The number of nitrogens with zero attached hydrogens (tertiary/aromatic N) is 17. The number of benzene rings is 2. The molecule has 0 spiro atoms. The molecular formula is C63H53N17O7Zn6+6. The maximum Gasteiger partial charge on any atom is 2.00 e. The Morgan fingerprint density at radius 1 is 0.430 bits per heavy atom. The molecule has 14 aromatic rings. The number of aryl methyl sites for hydroxylation is 5. The molecule has 0 aliphatic heterocycles. The minimum atomic E-state index is -0.421. The van der Waals surface area contributed by atoms with E-state index in [9.17, 15) is 30.6 Å². The maximum absolute atomic E-state index is 12.2. The average Bonchev–Trinajstić information content (AvgIpc) is 1.85. The molecule has 0 aliphatic carbocycles. The van der Waals surface area contributed by atoms with Crippen molar-refractivity contribution in [2.75, 3.05) is 0 Å². The van der Waals surface area contributed by atoms with Crippen molar-refractivity contribution in [3.8, 4) is 87.0 Å². The van der Waals surface area contributed by atoms with Crippen molar-refractivity contribution in [2.24, 2.45) is 0 Å². The SMILES string of the molecule is Cc1cc([O-])n(-n2nc(C)cc2C)c1.Cc1ccc([O-])n1-c1cocn1.Cc1cccc(-c2nc([O-])n(-c3ccccn3)n2)c1.[O-]c1c(-c2ccccc2)cnn1-c1ccccn1.[O-]c1cccn1-c1ccccn1.[O-]c1cccn1-c1cnccn1.[Zn+2].[Zn+2].[Zn+2].[Zn+2].[Zn+2].[Zn+2]. The summed E-state index contributed by atoms with van der Waals surface area (Å²) in [7, 11) is 0. The molecule has 0 fully saturated rings. The third kappa shape index (κ3) is 21.0. The molecule has 0 aliphatic rings. The number of aromatic nitrogens is 17. The number of oxazole rings is 1. The van der Waals surface area contributed by atoms with Crippen LogP contribution >= 0.6 is 0 Å². The van der Waals surface area contributed by atoms with Gasteiger partial charge in [-0.1, -0.05) is 90.5 Å². The van der Waals surface area contributed by atoms with Gasteiger partial charge in [0, 0.05) is 72.3 Å². The second-order valence-electron chi connectivity index (χ2n) is 18.7. The zero-order chi connectivity index (χ0) is 61.2. The van der Waals surface area contributed by atoms with Gasteiger partial charge in [-0.3, -0.25) is 9.66 Å². The first-order valence-electron chi connectivity index (χ1n) is 26.6. The molecule has 12 heterocycles. The topological polar surface area (TPSA) is 315 Å². The summed E-state index contributed by atoms with van der Waals surface area (Å²) in [6.07, 6.45) is 19.0. The van der Waals surface area contributed by atoms with Gasteiger partial charge in [0.25, 0.3) is 0 Å². The quantitative estimate of drug-likeness (QED) is 0.141. The van der Waals surface area contributed by atoms with Crippen LogP contribution in [0.25, 0.3) is 51.6 Å². The molecule has 0 atom stereocenters. The number of hydrogen-bond donors (Lipinski definition) is 0. The summed E-state index contributed by atoms with van der Waals surface area (Å²) in [5.41, 5.74) is 7.04. The van der Waals surface area contributed by atoms with Gasteiger partial charge in [-0.25, -0.2) is 34.3 Å². The molecule has 0 saturated heterocycles. The van der Waals surface area contributed by atoms with Gasteiger partial charge in [0.1, 0.15) is 12.1 Å². The van der Waals surface area contributed by atoms with Gasteiger partial charge < -0.3 is 48.8 Å². The molecule has 12 aromatic heterocycles. The fraction of sp³-hybridized carbons (Fsp3) is 0.0794. The summed E-state index contributed by atoms with van der Waals surface area (Å²) in [6, 6.07) is 46.1. The molecule has 24 nitrogen and oxygen atoms in total. The van der Waals surface area contributed by atoms with E-state index in [0.29, 0.717) is 40.5 Å². The van der Waals surface area contributed by atoms with Crippen molar-refractivity contribution in [3.63, 3.8) is 0 Å². The maximum atomic E-state index is 12.2. The monoisotopic (exact) mass is 1540 g/mol. The summed E-state index contributed by atoms with van der Waals surface area (Å²) < 4.78 is 13.2. The summed E-state index contributed by atoms with van der Waals surface area (Å²) in [5, 5.41) is 81.6. The van der Waals surface area contributed by atoms with Gasteiger partial charge in [-0.05, 0) is 142 Å². The fourth-order valence-corrected chi connectivity index (χ4v) is 8.31. The fourth-order valence-electron chi connectivity index (χ4n) is 8.31. The Labute approximate surface area is 611 Å². The molecule has 93 heavy (non-hydrogen) atoms. The van der Waals surface area contributed by atoms with Crippen molar-refractivity contribution >= 4 is 0 Å². The standard InChI is InChI=1S/C14H12N4O.C14H11N3O.C10H13N3O.C9H8N2O.C8H7N3O.C8H8N2O2.6Zn/c1-10-5-4-6-11(9-10)13-16-14(19)18(17-13)12-7-2-3-8-15-12;18-14-12(11-6-2-1-3-7-11)10-16-17(14)13-8-4-5-9-15-13;1-7-4-10(14)12(6-7)13-9(3)5-8(2)11-13;12-9-5-3-7-11(9)8-4-1-2-6-10-8;12-8-2-1-5-11(8)7-6-9-3-4-10-7;1-6-2-3-8(11)10(6)7-4-12-5-9-7;;;;;;/h2-9H,1H3,(H,16,17,19);1-10,18H;4-6,14H,1-3H3;1-7,12H;1-6,12H;2-5,11H,1H3;;;;;;/q;;;;;;6*+2/p-6. The molecule has 14 rings (SSSR count). The number of rotatable bonds is 8. The van der Waals surface area contributed by atoms with Crippen molar-refractivity contribution in [1.29, 1.82) is 0 Å². The van der Waals surface area contributed by atoms with Gasteiger partial charge in [-0.2, -0.15) is 20.0 Å². The molecule has 438 valence electrons. The van der Waals surface area contributed by atoms with Crippen LogP contribution in [0.5, 0.6) is 35.4 Å². The average molecular weight is 1550 g/mol. The predicted molar refractivity (Wildman–Crippen MR) is 310 cm³/mol. The van der Waals surface area contributed by atoms with E-state index in [1.54, 1.807) is 127 Å². The van der Waals surface area contributed by atoms with Crippen molar-refractivity contribution in [3.05, 3.63) is 261 Å². The van der Waals surface area contributed by atoms with E-state index < -0.39 is 6.01 Å². The van der Waals surface area contributed by atoms with Crippen LogP contribution in [-0.4, -0.2) is 82.7 Å². The Balaban J connectivity index is 0.000000290. The Morgan fingerprint density at radius 3 is 1.52 bits per heavy atom. The summed E-state index contributed by atoms with van der Waals surface area (Å²) in [5.74, 6) is 2.74. The molecule has 0 N–H and O–H groups in total. The normalized spacial score (nSPS) is 9.73. The molecule has 0 amide bonds. The molecule has 2 aromatic carbocycles. The first-order valence-corrected chi connectivity index (χ1v) is 26.6. The van der Waals surface area contributed by atoms with Gasteiger partial charge in [0.05, 0.1) is 29.8 Å². The zero-order valence-electron chi connectivity index (χ0n) is 51.6. The van der Waals surface area contributed by atoms with E-state index in [1.165, 1.54) is 58.6 Å². The van der Waals surface area contributed by atoms with Crippen LogP contribution in [0.3, 0.4) is 0 Å². The molecule has 0 saturated carbocycles. The summed E-state index contributed by atoms with van der Waals surface area (Å²) in [4.78, 5) is 29.5. The van der Waals surface area contributed by atoms with Crippen LogP contribution in [-0.2, 0) is 117 Å². The van der Waals surface area contributed by atoms with Crippen molar-refractivity contribution in [2.45, 2.75) is 34.6 Å². The predicted octanol–water partition coefficient (Wildman–Crippen LogP) is 6.83. The van der Waals surface area contributed by atoms with Gasteiger partial charge in [0.15, 0.2) is 35.5 Å². The van der Waals surface area contributed by atoms with Crippen LogP contribution in [0.1, 0.15) is 28.2 Å². The summed E-state index contributed by atoms with van der Waals surface area (Å²) in [6.45, 7) is 9.55. The zero-order valence-corrected chi connectivity index (χ0v) is 69.4. The van der Waals surface area contributed by atoms with E-state index in [-0.39, 0.29) is 146 Å². The van der Waals surface area contributed by atoms with Crippen molar-refractivity contribution in [1.82, 2.24) is 82.7 Å². The van der Waals surface area contributed by atoms with Crippen LogP contribution in [0.4, 0.5) is 0 Å². The van der Waals surface area contributed by atoms with E-state index in [2.05, 4.69) is 50.2 Å². The van der Waals surface area contributed by atoms with Crippen LogP contribution in [0.2, 0.25) is 0 Å². The molecular weight excluding hydrogens is 1500 g/mol. The molecule has 30 heteroatoms. The first kappa shape index (κ1) is 78.6. The largest absolute Gasteiger partial charge is 2.00 e. The first-order chi connectivity index (χ1) is 42.2. The van der Waals surface area contributed by atoms with Gasteiger partial charge >= 0.3 is 117 Å². The number of hydrogen-bond acceptors (Lipinski definition) is 17. The Morgan fingerprint density at radius 2 is 1.02 bits per heavy atom. The molecule has 0 unspecified atom stereocenters. The minimum absolute atomic E-state index is 0. The third-order valence-corrected chi connectivity index (χ3v) is 12.3. The second-order valence-corrected chi connectivity index (χ2v) is 18.7. The van der Waals surface area contributed by atoms with Crippen LogP contribution in [0.15, 0.2) is 237 Å². The Kier molecular flexibility index (Phi) is 32.5. The smallest absolute Gasteiger partial charge is 0.860 e. The minimum Gasteiger partial charge on any atom is -0.860 e. The van der Waals surface area contributed by atoms with Gasteiger partial charge in [-0.15, -0.1) is 5.10 Å². The van der Waals surface area contributed by atoms with E-state index >= 15 is 0 Å². The van der Waals surface area contributed by atoms with E-state index in [4.69, 9.17) is 4.42 Å². The molecule has 0 radical (unpaired) electrons. The second kappa shape index (κ2) is 38.4. The Bertz CT molecular complexity index is 4200.